The number of nitrogen functional groups attached to an aromatic ring is 1. The average Bonchev–Trinajstić information content (AvgIpc) is 2.57. The zero-order valence-electron chi connectivity index (χ0n) is 10.5. The molecule has 0 atom stereocenters. The number of rotatable bonds is 1. The van der Waals surface area contributed by atoms with Gasteiger partial charge in [-0.05, 0) is 44.9 Å². The first-order valence-corrected chi connectivity index (χ1v) is 5.96. The lowest BCUT2D eigenvalue weighted by molar-refractivity contribution is -0.136. The van der Waals surface area contributed by atoms with Crippen molar-refractivity contribution in [2.45, 2.75) is 38.4 Å². The highest BCUT2D eigenvalue weighted by atomic mass is 19.4. The van der Waals surface area contributed by atoms with Gasteiger partial charge in [-0.25, -0.2) is 0 Å². The van der Waals surface area contributed by atoms with Crippen LogP contribution in [0.15, 0.2) is 18.2 Å². The highest BCUT2D eigenvalue weighted by molar-refractivity contribution is 5.61. The van der Waals surface area contributed by atoms with Gasteiger partial charge in [-0.1, -0.05) is 0 Å². The third kappa shape index (κ3) is 2.26. The molecule has 0 unspecified atom stereocenters. The van der Waals surface area contributed by atoms with Gasteiger partial charge >= 0.3 is 6.18 Å². The SMILES string of the molecule is CC1(C)CCCN1c1ccc(N)c(C(F)(F)F)c1. The third-order valence-corrected chi connectivity index (χ3v) is 3.55. The Morgan fingerprint density at radius 2 is 1.94 bits per heavy atom. The van der Waals surface area contributed by atoms with Crippen LogP contribution in [-0.2, 0) is 6.18 Å². The Hall–Kier alpha value is -1.39. The molecule has 5 heteroatoms. The Bertz CT molecular complexity index is 452. The minimum absolute atomic E-state index is 0.0982. The first kappa shape index (κ1) is 13.1. The zero-order valence-corrected chi connectivity index (χ0v) is 10.5. The minimum atomic E-state index is -4.40. The quantitative estimate of drug-likeness (QED) is 0.779. The topological polar surface area (TPSA) is 29.3 Å². The van der Waals surface area contributed by atoms with E-state index in [0.717, 1.165) is 25.5 Å². The van der Waals surface area contributed by atoms with E-state index < -0.39 is 11.7 Å². The fraction of sp³-hybridized carbons (Fsp3) is 0.538. The van der Waals surface area contributed by atoms with Crippen LogP contribution >= 0.6 is 0 Å². The normalized spacial score (nSPS) is 19.3. The Morgan fingerprint density at radius 1 is 1.28 bits per heavy atom. The Balaban J connectivity index is 2.42. The fourth-order valence-corrected chi connectivity index (χ4v) is 2.54. The van der Waals surface area contributed by atoms with Gasteiger partial charge in [-0.2, -0.15) is 13.2 Å². The molecule has 1 heterocycles. The van der Waals surface area contributed by atoms with Crippen molar-refractivity contribution in [3.8, 4) is 0 Å². The summed E-state index contributed by atoms with van der Waals surface area (Å²) in [5, 5.41) is 0. The van der Waals surface area contributed by atoms with Crippen LogP contribution in [0.3, 0.4) is 0 Å². The number of halogens is 3. The van der Waals surface area contributed by atoms with E-state index in [1.165, 1.54) is 6.07 Å². The lowest BCUT2D eigenvalue weighted by atomic mass is 10.0. The lowest BCUT2D eigenvalue weighted by Gasteiger charge is -2.34. The van der Waals surface area contributed by atoms with E-state index in [-0.39, 0.29) is 11.2 Å². The summed E-state index contributed by atoms with van der Waals surface area (Å²) < 4.78 is 38.4. The minimum Gasteiger partial charge on any atom is -0.398 e. The molecule has 0 bridgehead atoms. The van der Waals surface area contributed by atoms with Gasteiger partial charge in [0, 0.05) is 23.5 Å². The second-order valence-electron chi connectivity index (χ2n) is 5.34. The summed E-state index contributed by atoms with van der Waals surface area (Å²) in [5.41, 5.74) is 4.93. The molecule has 0 aliphatic carbocycles. The van der Waals surface area contributed by atoms with E-state index in [1.54, 1.807) is 6.07 Å². The first-order chi connectivity index (χ1) is 8.22. The maximum atomic E-state index is 12.8. The van der Waals surface area contributed by atoms with Crippen molar-refractivity contribution in [1.29, 1.82) is 0 Å². The molecule has 0 aromatic heterocycles. The van der Waals surface area contributed by atoms with Gasteiger partial charge in [-0.3, -0.25) is 0 Å². The average molecular weight is 258 g/mol. The van der Waals surface area contributed by atoms with Gasteiger partial charge in [0.2, 0.25) is 0 Å². The smallest absolute Gasteiger partial charge is 0.398 e. The largest absolute Gasteiger partial charge is 0.418 e. The van der Waals surface area contributed by atoms with Crippen LogP contribution in [-0.4, -0.2) is 12.1 Å². The molecule has 0 amide bonds. The Morgan fingerprint density at radius 3 is 2.44 bits per heavy atom. The number of anilines is 2. The number of hydrogen-bond donors (Lipinski definition) is 1. The van der Waals surface area contributed by atoms with E-state index >= 15 is 0 Å². The number of benzene rings is 1. The molecule has 1 aromatic carbocycles. The number of alkyl halides is 3. The van der Waals surface area contributed by atoms with Gasteiger partial charge in [0.1, 0.15) is 0 Å². The molecule has 100 valence electrons. The molecule has 1 aliphatic heterocycles. The first-order valence-electron chi connectivity index (χ1n) is 5.96. The van der Waals surface area contributed by atoms with E-state index in [4.69, 9.17) is 5.73 Å². The summed E-state index contributed by atoms with van der Waals surface area (Å²) in [5.74, 6) is 0. The van der Waals surface area contributed by atoms with Crippen molar-refractivity contribution in [2.24, 2.45) is 0 Å². The van der Waals surface area contributed by atoms with Crippen LogP contribution in [0.2, 0.25) is 0 Å². The second-order valence-corrected chi connectivity index (χ2v) is 5.34. The number of hydrogen-bond acceptors (Lipinski definition) is 2. The molecule has 0 radical (unpaired) electrons. The van der Waals surface area contributed by atoms with Crippen molar-refractivity contribution in [3.05, 3.63) is 23.8 Å². The van der Waals surface area contributed by atoms with Crippen LogP contribution in [0.5, 0.6) is 0 Å². The molecule has 1 aliphatic rings. The van der Waals surface area contributed by atoms with Gasteiger partial charge < -0.3 is 10.6 Å². The van der Waals surface area contributed by atoms with E-state index in [9.17, 15) is 13.2 Å². The van der Waals surface area contributed by atoms with Crippen LogP contribution in [0, 0.1) is 0 Å². The highest BCUT2D eigenvalue weighted by Gasteiger charge is 2.36. The third-order valence-electron chi connectivity index (χ3n) is 3.55. The van der Waals surface area contributed by atoms with Gasteiger partial charge in [-0.15, -0.1) is 0 Å². The molecule has 1 saturated heterocycles. The predicted molar refractivity (Wildman–Crippen MR) is 66.5 cm³/mol. The lowest BCUT2D eigenvalue weighted by Crippen LogP contribution is -2.38. The maximum absolute atomic E-state index is 12.8. The van der Waals surface area contributed by atoms with Crippen LogP contribution in [0.4, 0.5) is 24.5 Å². The second kappa shape index (κ2) is 4.07. The molecule has 0 saturated carbocycles. The van der Waals surface area contributed by atoms with Crippen molar-refractivity contribution in [1.82, 2.24) is 0 Å². The van der Waals surface area contributed by atoms with Crippen molar-refractivity contribution < 1.29 is 13.2 Å². The molecule has 1 fully saturated rings. The maximum Gasteiger partial charge on any atom is 0.418 e. The molecule has 18 heavy (non-hydrogen) atoms. The van der Waals surface area contributed by atoms with Gasteiger partial charge in [0.15, 0.2) is 0 Å². The van der Waals surface area contributed by atoms with Crippen molar-refractivity contribution >= 4 is 11.4 Å². The Labute approximate surface area is 105 Å². The molecule has 2 N–H and O–H groups in total. The predicted octanol–water partition coefficient (Wildman–Crippen LogP) is 3.67. The van der Waals surface area contributed by atoms with E-state index in [1.807, 2.05) is 18.7 Å². The summed E-state index contributed by atoms with van der Waals surface area (Å²) in [6, 6.07) is 4.16. The monoisotopic (exact) mass is 258 g/mol. The van der Waals surface area contributed by atoms with Crippen LogP contribution in [0.25, 0.3) is 0 Å². The molecule has 0 spiro atoms. The van der Waals surface area contributed by atoms with Crippen molar-refractivity contribution in [3.63, 3.8) is 0 Å². The van der Waals surface area contributed by atoms with E-state index in [0.29, 0.717) is 5.69 Å². The molecule has 1 aromatic rings. The summed E-state index contributed by atoms with van der Waals surface area (Å²) in [6.45, 7) is 4.88. The standard InChI is InChI=1S/C13H17F3N2/c1-12(2)6-3-7-18(12)9-4-5-11(17)10(8-9)13(14,15)16/h4-5,8H,3,6-7,17H2,1-2H3. The van der Waals surface area contributed by atoms with Crippen molar-refractivity contribution in [2.75, 3.05) is 17.2 Å². The molecule has 2 nitrogen and oxygen atoms in total. The molecular weight excluding hydrogens is 241 g/mol. The van der Waals surface area contributed by atoms with Crippen LogP contribution < -0.4 is 10.6 Å². The summed E-state index contributed by atoms with van der Waals surface area (Å²) >= 11 is 0. The van der Waals surface area contributed by atoms with E-state index in [2.05, 4.69) is 0 Å². The zero-order chi connectivity index (χ0) is 13.6. The fourth-order valence-electron chi connectivity index (χ4n) is 2.54. The number of nitrogens with zero attached hydrogens (tertiary/aromatic N) is 1. The number of nitrogens with two attached hydrogens (primary N) is 1. The summed E-state index contributed by atoms with van der Waals surface area (Å²) in [6.07, 6.45) is -2.42. The Kier molecular flexibility index (Phi) is 2.95. The molecule has 2 rings (SSSR count). The summed E-state index contributed by atoms with van der Waals surface area (Å²) in [7, 11) is 0. The van der Waals surface area contributed by atoms with Gasteiger partial charge in [0.25, 0.3) is 0 Å². The highest BCUT2D eigenvalue weighted by Crippen LogP contribution is 2.39. The van der Waals surface area contributed by atoms with Gasteiger partial charge in [0.05, 0.1) is 5.56 Å². The van der Waals surface area contributed by atoms with Crippen LogP contribution in [0.1, 0.15) is 32.3 Å². The molecular formula is C13H17F3N2. The summed E-state index contributed by atoms with van der Waals surface area (Å²) in [4.78, 5) is 2.02.